The maximum Gasteiger partial charge on any atom is 0.404 e. The van der Waals surface area contributed by atoms with Gasteiger partial charge in [-0.1, -0.05) is 34.6 Å². The summed E-state index contributed by atoms with van der Waals surface area (Å²) in [6.45, 7) is 16.0. The van der Waals surface area contributed by atoms with Crippen LogP contribution in [0.3, 0.4) is 0 Å². The molecule has 5 N–H and O–H groups in total. The van der Waals surface area contributed by atoms with Gasteiger partial charge in [0, 0.05) is 17.8 Å². The lowest BCUT2D eigenvalue weighted by molar-refractivity contribution is -0.216. The van der Waals surface area contributed by atoms with Crippen LogP contribution in [0.2, 0.25) is 0 Å². The van der Waals surface area contributed by atoms with E-state index >= 15 is 0 Å². The van der Waals surface area contributed by atoms with E-state index in [2.05, 4.69) is 34.6 Å². The molecule has 0 radical (unpaired) electrons. The van der Waals surface area contributed by atoms with Crippen molar-refractivity contribution < 1.29 is 38.4 Å². The Morgan fingerprint density at radius 3 is 2.14 bits per heavy atom. The molecule has 6 aliphatic rings. The summed E-state index contributed by atoms with van der Waals surface area (Å²) in [6, 6.07) is 0. The number of fused-ring (bicyclic) bond motifs is 4. The molecular formula is C34H54N2O8. The van der Waals surface area contributed by atoms with Gasteiger partial charge in [0.05, 0.1) is 17.8 Å². The number of carbonyl (C=O) groups excluding carboxylic acids is 3. The second-order valence-electron chi connectivity index (χ2n) is 17.1. The van der Waals surface area contributed by atoms with Crippen molar-refractivity contribution in [1.29, 1.82) is 0 Å². The molecular weight excluding hydrogens is 564 g/mol. The van der Waals surface area contributed by atoms with Gasteiger partial charge in [0.2, 0.25) is 0 Å². The van der Waals surface area contributed by atoms with Gasteiger partial charge in [0.15, 0.2) is 6.10 Å². The number of amides is 2. The Balaban J connectivity index is 1.38. The zero-order valence-electron chi connectivity index (χ0n) is 27.8. The zero-order chi connectivity index (χ0) is 32.4. The highest BCUT2D eigenvalue weighted by atomic mass is 16.6. The summed E-state index contributed by atoms with van der Waals surface area (Å²) in [5.74, 6) is 0.512. The standard InChI is InChI=1S/C34H54N2O8/c1-17-15-19(25(30(5,6)40)41-18(2)37)42-24-23(17)31(7)13-14-34-16-33(34)12-11-22(43-27(35)38)29(3,4)20(33)9-10-21(34)32(31,8)26(24)44-28(36)39/h17,19-26,40H,9-16H2,1-8H3,(H2,35,38)(H2,36,39)/t17-,19?,20+,21?,22?,23+,24?,25?,26+,31?,32-,33?,34?/m1/s1. The quantitative estimate of drug-likeness (QED) is 0.284. The molecule has 5 saturated carbocycles. The van der Waals surface area contributed by atoms with E-state index in [4.69, 9.17) is 30.4 Å². The number of hydrogen-bond donors (Lipinski definition) is 3. The first kappa shape index (κ1) is 31.9. The highest BCUT2D eigenvalue weighted by Gasteiger charge is 2.85. The monoisotopic (exact) mass is 618 g/mol. The number of hydrogen-bond acceptors (Lipinski definition) is 8. The molecule has 6 rings (SSSR count). The van der Waals surface area contributed by atoms with Crippen LogP contribution >= 0.6 is 0 Å². The number of ether oxygens (including phenoxy) is 4. The number of primary amides is 2. The predicted octanol–water partition coefficient (Wildman–Crippen LogP) is 5.07. The molecule has 10 heteroatoms. The van der Waals surface area contributed by atoms with Crippen molar-refractivity contribution in [3.05, 3.63) is 0 Å². The molecule has 0 aromatic carbocycles. The summed E-state index contributed by atoms with van der Waals surface area (Å²) in [5.41, 5.74) is 9.47. The maximum absolute atomic E-state index is 12.6. The first-order chi connectivity index (χ1) is 20.3. The molecule has 1 aliphatic heterocycles. The maximum atomic E-state index is 12.6. The van der Waals surface area contributed by atoms with Crippen LogP contribution in [0.4, 0.5) is 9.59 Å². The molecule has 0 aromatic heterocycles. The fourth-order valence-corrected chi connectivity index (χ4v) is 13.0. The van der Waals surface area contributed by atoms with E-state index in [0.29, 0.717) is 18.3 Å². The molecule has 10 nitrogen and oxygen atoms in total. The van der Waals surface area contributed by atoms with Crippen LogP contribution in [-0.2, 0) is 23.7 Å². The van der Waals surface area contributed by atoms with Crippen molar-refractivity contribution in [1.82, 2.24) is 0 Å². The third-order valence-electron chi connectivity index (χ3n) is 14.6. The van der Waals surface area contributed by atoms with Crippen LogP contribution in [0.25, 0.3) is 0 Å². The van der Waals surface area contributed by atoms with Crippen molar-refractivity contribution in [3.63, 3.8) is 0 Å². The Morgan fingerprint density at radius 1 is 0.932 bits per heavy atom. The van der Waals surface area contributed by atoms with Crippen molar-refractivity contribution in [2.24, 2.45) is 62.2 Å². The topological polar surface area (TPSA) is 160 Å². The average Bonchev–Trinajstić information content (AvgIpc) is 3.51. The molecule has 1 heterocycles. The number of nitrogens with two attached hydrogens (primary N) is 2. The largest absolute Gasteiger partial charge is 0.457 e. The molecule has 8 unspecified atom stereocenters. The third-order valence-corrected chi connectivity index (χ3v) is 14.6. The Morgan fingerprint density at radius 2 is 1.55 bits per heavy atom. The minimum absolute atomic E-state index is 0.105. The molecule has 0 bridgehead atoms. The van der Waals surface area contributed by atoms with Crippen LogP contribution in [0, 0.1) is 50.7 Å². The second kappa shape index (κ2) is 9.72. The number of rotatable bonds is 5. The van der Waals surface area contributed by atoms with E-state index in [9.17, 15) is 19.5 Å². The highest BCUT2D eigenvalue weighted by molar-refractivity contribution is 5.66. The van der Waals surface area contributed by atoms with Crippen LogP contribution in [0.15, 0.2) is 0 Å². The van der Waals surface area contributed by atoms with Crippen molar-refractivity contribution in [2.45, 2.75) is 143 Å². The van der Waals surface area contributed by atoms with Gasteiger partial charge in [-0.2, -0.15) is 0 Å². The van der Waals surface area contributed by atoms with E-state index in [1.807, 2.05) is 0 Å². The van der Waals surface area contributed by atoms with E-state index in [1.165, 1.54) is 6.92 Å². The van der Waals surface area contributed by atoms with Crippen LogP contribution < -0.4 is 11.5 Å². The van der Waals surface area contributed by atoms with Crippen molar-refractivity contribution in [3.8, 4) is 0 Å². The molecule has 13 atom stereocenters. The lowest BCUT2D eigenvalue weighted by Gasteiger charge is -2.63. The van der Waals surface area contributed by atoms with Gasteiger partial charge in [0.1, 0.15) is 12.2 Å². The first-order valence-electron chi connectivity index (χ1n) is 16.7. The van der Waals surface area contributed by atoms with Gasteiger partial charge in [0.25, 0.3) is 0 Å². The Bertz CT molecular complexity index is 1230. The molecule has 44 heavy (non-hydrogen) atoms. The second-order valence-corrected chi connectivity index (χ2v) is 17.1. The Labute approximate surface area is 261 Å². The molecule has 1 saturated heterocycles. The van der Waals surface area contributed by atoms with Gasteiger partial charge in [-0.05, 0) is 105 Å². The summed E-state index contributed by atoms with van der Waals surface area (Å²) in [7, 11) is 0. The lowest BCUT2D eigenvalue weighted by atomic mass is 9.41. The molecule has 2 amide bonds. The fourth-order valence-electron chi connectivity index (χ4n) is 13.0. The SMILES string of the molecule is CC(=O)OC(C1C[C@@H](C)[C@H]2C(O1)[C@H](OC(N)=O)[C@@]1(C)C3CC[C@H]4C(C)(C)C(OC(N)=O)CCC45CC35CCC21C)C(C)(C)O. The van der Waals surface area contributed by atoms with E-state index in [1.54, 1.807) is 13.8 Å². The third kappa shape index (κ3) is 4.07. The van der Waals surface area contributed by atoms with Gasteiger partial charge in [-0.25, -0.2) is 9.59 Å². The minimum Gasteiger partial charge on any atom is -0.457 e. The first-order valence-corrected chi connectivity index (χ1v) is 16.7. The number of esters is 1. The van der Waals surface area contributed by atoms with Crippen molar-refractivity contribution >= 4 is 18.2 Å². The number of carbonyl (C=O) groups is 3. The predicted molar refractivity (Wildman–Crippen MR) is 161 cm³/mol. The number of aliphatic hydroxyl groups is 1. The van der Waals surface area contributed by atoms with E-state index < -0.39 is 53.6 Å². The molecule has 6 fully saturated rings. The minimum atomic E-state index is -1.32. The lowest BCUT2D eigenvalue weighted by Crippen LogP contribution is -2.60. The average molecular weight is 619 g/mol. The summed E-state index contributed by atoms with van der Waals surface area (Å²) >= 11 is 0. The van der Waals surface area contributed by atoms with E-state index in [-0.39, 0.29) is 39.6 Å². The summed E-state index contributed by atoms with van der Waals surface area (Å²) in [5, 5.41) is 11.0. The van der Waals surface area contributed by atoms with Gasteiger partial charge in [-0.15, -0.1) is 0 Å². The van der Waals surface area contributed by atoms with Crippen LogP contribution in [0.1, 0.15) is 107 Å². The molecule has 5 aliphatic carbocycles. The fraction of sp³-hybridized carbons (Fsp3) is 0.912. The van der Waals surface area contributed by atoms with Gasteiger partial charge in [-0.3, -0.25) is 4.79 Å². The molecule has 248 valence electrons. The van der Waals surface area contributed by atoms with Gasteiger partial charge >= 0.3 is 18.2 Å². The van der Waals surface area contributed by atoms with Crippen molar-refractivity contribution in [2.75, 3.05) is 0 Å². The summed E-state index contributed by atoms with van der Waals surface area (Å²) in [4.78, 5) is 36.5. The van der Waals surface area contributed by atoms with Gasteiger partial charge < -0.3 is 35.5 Å². The Hall–Kier alpha value is -2.07. The smallest absolute Gasteiger partial charge is 0.404 e. The normalized spacial score (nSPS) is 49.1. The van der Waals surface area contributed by atoms with E-state index in [0.717, 1.165) is 44.9 Å². The van der Waals surface area contributed by atoms with Crippen LogP contribution in [0.5, 0.6) is 0 Å². The summed E-state index contributed by atoms with van der Waals surface area (Å²) in [6.07, 6.45) is 3.53. The zero-order valence-corrected chi connectivity index (χ0v) is 27.8. The Kier molecular flexibility index (Phi) is 7.05. The summed E-state index contributed by atoms with van der Waals surface area (Å²) < 4.78 is 24.4. The molecule has 0 aromatic rings. The molecule has 2 spiro atoms. The van der Waals surface area contributed by atoms with Crippen LogP contribution in [-0.4, -0.2) is 59.4 Å². The highest BCUT2D eigenvalue weighted by Crippen LogP contribution is 2.89.